The summed E-state index contributed by atoms with van der Waals surface area (Å²) in [7, 11) is 0. The van der Waals surface area contributed by atoms with Gasteiger partial charge in [-0.1, -0.05) is 18.9 Å². The van der Waals surface area contributed by atoms with Crippen molar-refractivity contribution in [3.05, 3.63) is 11.9 Å². The fourth-order valence-corrected chi connectivity index (χ4v) is 2.27. The molecule has 0 atom stereocenters. The van der Waals surface area contributed by atoms with Gasteiger partial charge in [-0.15, -0.1) is 0 Å². The maximum atomic E-state index is 13.4. The van der Waals surface area contributed by atoms with Gasteiger partial charge in [0.1, 0.15) is 11.4 Å². The number of carbonyl (C=O) groups is 1. The van der Waals surface area contributed by atoms with E-state index in [1.807, 2.05) is 0 Å². The normalized spacial score (nSPS) is 17.8. The fourth-order valence-electron chi connectivity index (χ4n) is 2.27. The van der Waals surface area contributed by atoms with Crippen molar-refractivity contribution in [2.24, 2.45) is 5.92 Å². The first-order valence-corrected chi connectivity index (χ1v) is 7.07. The van der Waals surface area contributed by atoms with Crippen molar-refractivity contribution in [2.45, 2.75) is 58.5 Å². The Balaban J connectivity index is 2.16. The second-order valence-corrected chi connectivity index (χ2v) is 5.58. The number of esters is 1. The molecule has 1 saturated carbocycles. The van der Waals surface area contributed by atoms with E-state index < -0.39 is 5.60 Å². The molecule has 0 spiro atoms. The summed E-state index contributed by atoms with van der Waals surface area (Å²) in [5.41, 5.74) is -0.972. The summed E-state index contributed by atoms with van der Waals surface area (Å²) >= 11 is 0. The lowest BCUT2D eigenvalue weighted by molar-refractivity contribution is -0.147. The van der Waals surface area contributed by atoms with Gasteiger partial charge >= 0.3 is 5.97 Å². The van der Waals surface area contributed by atoms with Crippen LogP contribution in [0.3, 0.4) is 0 Å². The van der Waals surface area contributed by atoms with Crippen molar-refractivity contribution in [1.29, 1.82) is 0 Å². The zero-order valence-corrected chi connectivity index (χ0v) is 12.2. The highest BCUT2D eigenvalue weighted by atomic mass is 19.1. The molecule has 1 rings (SSSR count). The van der Waals surface area contributed by atoms with E-state index >= 15 is 0 Å². The third kappa shape index (κ3) is 5.72. The van der Waals surface area contributed by atoms with E-state index in [-0.39, 0.29) is 24.8 Å². The molecule has 0 aromatic heterocycles. The van der Waals surface area contributed by atoms with Crippen LogP contribution in [0.1, 0.15) is 52.9 Å². The quantitative estimate of drug-likeness (QED) is 0.662. The smallest absolute Gasteiger partial charge is 0.308 e. The molecule has 0 aromatic carbocycles. The molecule has 0 unspecified atom stereocenters. The van der Waals surface area contributed by atoms with Crippen molar-refractivity contribution in [2.75, 3.05) is 13.2 Å². The van der Waals surface area contributed by atoms with Crippen LogP contribution in [0.15, 0.2) is 11.9 Å². The van der Waals surface area contributed by atoms with Gasteiger partial charge in [0.2, 0.25) is 0 Å². The SMILES string of the molecule is C/C=C(/F)C(C)(C)OCCC(=O)OCC1CCCC1. The third-order valence-corrected chi connectivity index (χ3v) is 3.55. The van der Waals surface area contributed by atoms with Gasteiger partial charge in [0.25, 0.3) is 0 Å². The summed E-state index contributed by atoms with van der Waals surface area (Å²) in [4.78, 5) is 11.5. The van der Waals surface area contributed by atoms with Gasteiger partial charge in [-0.2, -0.15) is 0 Å². The van der Waals surface area contributed by atoms with Gasteiger partial charge in [0.15, 0.2) is 0 Å². The van der Waals surface area contributed by atoms with E-state index in [0.29, 0.717) is 12.5 Å². The summed E-state index contributed by atoms with van der Waals surface area (Å²) in [5, 5.41) is 0. The van der Waals surface area contributed by atoms with E-state index in [9.17, 15) is 9.18 Å². The summed E-state index contributed by atoms with van der Waals surface area (Å²) in [6, 6.07) is 0. The lowest BCUT2D eigenvalue weighted by Gasteiger charge is -2.23. The largest absolute Gasteiger partial charge is 0.465 e. The standard InChI is InChI=1S/C15H25FO3/c1-4-13(16)15(2,3)19-10-9-14(17)18-11-12-7-5-6-8-12/h4,12H,5-11H2,1-3H3/b13-4+. The first-order chi connectivity index (χ1) is 8.95. The molecule has 0 aromatic rings. The summed E-state index contributed by atoms with van der Waals surface area (Å²) in [5.74, 6) is -0.0582. The molecular weight excluding hydrogens is 247 g/mol. The molecule has 1 aliphatic carbocycles. The van der Waals surface area contributed by atoms with Crippen LogP contribution in [0.2, 0.25) is 0 Å². The van der Waals surface area contributed by atoms with Crippen molar-refractivity contribution >= 4 is 5.97 Å². The van der Waals surface area contributed by atoms with Crippen LogP contribution in [-0.4, -0.2) is 24.8 Å². The lowest BCUT2D eigenvalue weighted by atomic mass is 10.1. The molecule has 0 aliphatic heterocycles. The van der Waals surface area contributed by atoms with E-state index in [4.69, 9.17) is 9.47 Å². The molecule has 0 heterocycles. The molecule has 19 heavy (non-hydrogen) atoms. The molecule has 0 bridgehead atoms. The van der Waals surface area contributed by atoms with Crippen LogP contribution in [0.5, 0.6) is 0 Å². The van der Waals surface area contributed by atoms with Gasteiger partial charge in [-0.25, -0.2) is 4.39 Å². The molecule has 3 nitrogen and oxygen atoms in total. The highest BCUT2D eigenvalue weighted by Crippen LogP contribution is 2.25. The summed E-state index contributed by atoms with van der Waals surface area (Å²) in [6.45, 7) is 5.61. The number of hydrogen-bond acceptors (Lipinski definition) is 3. The topological polar surface area (TPSA) is 35.5 Å². The highest BCUT2D eigenvalue weighted by molar-refractivity contribution is 5.69. The van der Waals surface area contributed by atoms with Crippen molar-refractivity contribution in [3.63, 3.8) is 0 Å². The van der Waals surface area contributed by atoms with Gasteiger partial charge in [-0.3, -0.25) is 4.79 Å². The van der Waals surface area contributed by atoms with Crippen molar-refractivity contribution < 1.29 is 18.7 Å². The molecule has 1 fully saturated rings. The van der Waals surface area contributed by atoms with Crippen LogP contribution >= 0.6 is 0 Å². The number of hydrogen-bond donors (Lipinski definition) is 0. The zero-order chi connectivity index (χ0) is 14.3. The molecular formula is C15H25FO3. The Morgan fingerprint density at radius 3 is 2.58 bits per heavy atom. The van der Waals surface area contributed by atoms with Crippen LogP contribution in [0.25, 0.3) is 0 Å². The maximum absolute atomic E-state index is 13.4. The fraction of sp³-hybridized carbons (Fsp3) is 0.800. The van der Waals surface area contributed by atoms with Crippen LogP contribution in [0, 0.1) is 5.92 Å². The lowest BCUT2D eigenvalue weighted by Crippen LogP contribution is -2.27. The Morgan fingerprint density at radius 2 is 2.00 bits per heavy atom. The van der Waals surface area contributed by atoms with E-state index in [1.54, 1.807) is 20.8 Å². The Bertz CT molecular complexity index is 317. The molecule has 0 saturated heterocycles. The molecule has 110 valence electrons. The predicted molar refractivity (Wildman–Crippen MR) is 72.4 cm³/mol. The molecule has 4 heteroatoms. The monoisotopic (exact) mass is 272 g/mol. The second kappa shape index (κ2) is 7.63. The van der Waals surface area contributed by atoms with Crippen molar-refractivity contribution in [3.8, 4) is 0 Å². The third-order valence-electron chi connectivity index (χ3n) is 3.55. The Labute approximate surface area is 115 Å². The number of allylic oxidation sites excluding steroid dienone is 1. The van der Waals surface area contributed by atoms with E-state index in [0.717, 1.165) is 12.8 Å². The number of ether oxygens (including phenoxy) is 2. The predicted octanol–water partition coefficient (Wildman–Crippen LogP) is 3.78. The molecule has 1 aliphatic rings. The Hall–Kier alpha value is -0.900. The summed E-state index contributed by atoms with van der Waals surface area (Å²) < 4.78 is 24.0. The second-order valence-electron chi connectivity index (χ2n) is 5.58. The zero-order valence-electron chi connectivity index (χ0n) is 12.2. The molecule has 0 amide bonds. The Kier molecular flexibility index (Phi) is 6.49. The average molecular weight is 272 g/mol. The van der Waals surface area contributed by atoms with E-state index in [2.05, 4.69) is 0 Å². The van der Waals surface area contributed by atoms with Crippen LogP contribution in [0.4, 0.5) is 4.39 Å². The minimum atomic E-state index is -0.972. The number of halogens is 1. The van der Waals surface area contributed by atoms with Crippen LogP contribution < -0.4 is 0 Å². The maximum Gasteiger partial charge on any atom is 0.308 e. The highest BCUT2D eigenvalue weighted by Gasteiger charge is 2.24. The number of rotatable bonds is 7. The number of carbonyl (C=O) groups excluding carboxylic acids is 1. The first-order valence-electron chi connectivity index (χ1n) is 7.07. The average Bonchev–Trinajstić information content (AvgIpc) is 2.88. The van der Waals surface area contributed by atoms with E-state index in [1.165, 1.54) is 18.9 Å². The first kappa shape index (κ1) is 16.2. The minimum absolute atomic E-state index is 0.174. The molecule has 0 radical (unpaired) electrons. The van der Waals surface area contributed by atoms with Gasteiger partial charge in [0, 0.05) is 0 Å². The van der Waals surface area contributed by atoms with Gasteiger partial charge < -0.3 is 9.47 Å². The molecule has 0 N–H and O–H groups in total. The van der Waals surface area contributed by atoms with Gasteiger partial charge in [-0.05, 0) is 39.5 Å². The minimum Gasteiger partial charge on any atom is -0.465 e. The summed E-state index contributed by atoms with van der Waals surface area (Å²) in [6.07, 6.45) is 6.34. The van der Waals surface area contributed by atoms with Crippen LogP contribution in [-0.2, 0) is 14.3 Å². The van der Waals surface area contributed by atoms with Crippen molar-refractivity contribution in [1.82, 2.24) is 0 Å². The van der Waals surface area contributed by atoms with Gasteiger partial charge in [0.05, 0.1) is 19.6 Å². The Morgan fingerprint density at radius 1 is 1.37 bits per heavy atom.